The van der Waals surface area contributed by atoms with Crippen LogP contribution in [0.5, 0.6) is 0 Å². The molecule has 0 saturated carbocycles. The van der Waals surface area contributed by atoms with Crippen molar-refractivity contribution in [1.29, 1.82) is 0 Å². The standard InChI is InChI=1S/C12H16Cl2/c1-2-3-4-5-6-10-7-8-11(13)12(14)9-10/h7-9H,2-6H2,1H3. The van der Waals surface area contributed by atoms with Crippen LogP contribution in [0, 0.1) is 0 Å². The second-order valence-corrected chi connectivity index (χ2v) is 4.37. The van der Waals surface area contributed by atoms with Crippen LogP contribution >= 0.6 is 23.2 Å². The molecule has 0 N–H and O–H groups in total. The number of hydrogen-bond acceptors (Lipinski definition) is 0. The summed E-state index contributed by atoms with van der Waals surface area (Å²) in [4.78, 5) is 0. The molecule has 0 heterocycles. The molecule has 0 saturated heterocycles. The quantitative estimate of drug-likeness (QED) is 0.617. The summed E-state index contributed by atoms with van der Waals surface area (Å²) in [5.41, 5.74) is 1.29. The molecule has 0 atom stereocenters. The molecule has 1 rings (SSSR count). The van der Waals surface area contributed by atoms with Gasteiger partial charge in [-0.3, -0.25) is 0 Å². The van der Waals surface area contributed by atoms with E-state index in [4.69, 9.17) is 23.2 Å². The van der Waals surface area contributed by atoms with Gasteiger partial charge in [0.1, 0.15) is 0 Å². The molecular weight excluding hydrogens is 215 g/mol. The molecule has 0 bridgehead atoms. The van der Waals surface area contributed by atoms with Gasteiger partial charge in [0, 0.05) is 0 Å². The van der Waals surface area contributed by atoms with E-state index in [-0.39, 0.29) is 0 Å². The smallest absolute Gasteiger partial charge is 0.0595 e. The van der Waals surface area contributed by atoms with Crippen molar-refractivity contribution in [3.8, 4) is 0 Å². The lowest BCUT2D eigenvalue weighted by Crippen LogP contribution is -1.85. The van der Waals surface area contributed by atoms with Crippen LogP contribution < -0.4 is 0 Å². The first-order chi connectivity index (χ1) is 6.74. The van der Waals surface area contributed by atoms with E-state index in [0.29, 0.717) is 10.0 Å². The first-order valence-electron chi connectivity index (χ1n) is 5.18. The van der Waals surface area contributed by atoms with Crippen molar-refractivity contribution in [2.24, 2.45) is 0 Å². The minimum Gasteiger partial charge on any atom is -0.0827 e. The largest absolute Gasteiger partial charge is 0.0827 e. The van der Waals surface area contributed by atoms with Gasteiger partial charge in [0.05, 0.1) is 10.0 Å². The monoisotopic (exact) mass is 230 g/mol. The van der Waals surface area contributed by atoms with E-state index in [0.717, 1.165) is 6.42 Å². The molecule has 0 aliphatic rings. The van der Waals surface area contributed by atoms with Crippen LogP contribution in [0.4, 0.5) is 0 Å². The second-order valence-electron chi connectivity index (χ2n) is 3.56. The average Bonchev–Trinajstić information content (AvgIpc) is 2.18. The zero-order valence-corrected chi connectivity index (χ0v) is 10.0. The predicted octanol–water partition coefficient (Wildman–Crippen LogP) is 5.12. The molecule has 0 aliphatic heterocycles. The van der Waals surface area contributed by atoms with E-state index in [1.807, 2.05) is 12.1 Å². The molecular formula is C12H16Cl2. The van der Waals surface area contributed by atoms with Gasteiger partial charge < -0.3 is 0 Å². The van der Waals surface area contributed by atoms with Crippen LogP contribution in [0.25, 0.3) is 0 Å². The molecule has 0 fully saturated rings. The Morgan fingerprint density at radius 3 is 2.43 bits per heavy atom. The Morgan fingerprint density at radius 1 is 1.00 bits per heavy atom. The average molecular weight is 231 g/mol. The van der Waals surface area contributed by atoms with Crippen molar-refractivity contribution >= 4 is 23.2 Å². The van der Waals surface area contributed by atoms with Crippen LogP contribution in [0.2, 0.25) is 10.0 Å². The molecule has 0 nitrogen and oxygen atoms in total. The number of aryl methyl sites for hydroxylation is 1. The van der Waals surface area contributed by atoms with E-state index in [9.17, 15) is 0 Å². The third-order valence-electron chi connectivity index (χ3n) is 2.30. The normalized spacial score (nSPS) is 10.5. The topological polar surface area (TPSA) is 0 Å². The Kier molecular flexibility index (Phi) is 5.36. The lowest BCUT2D eigenvalue weighted by Gasteiger charge is -2.02. The SMILES string of the molecule is CCCCCCc1ccc(Cl)c(Cl)c1. The number of halogens is 2. The summed E-state index contributed by atoms with van der Waals surface area (Å²) in [6.45, 7) is 2.22. The van der Waals surface area contributed by atoms with Crippen molar-refractivity contribution in [3.63, 3.8) is 0 Å². The molecule has 14 heavy (non-hydrogen) atoms. The van der Waals surface area contributed by atoms with Gasteiger partial charge in [-0.05, 0) is 30.5 Å². The van der Waals surface area contributed by atoms with Crippen LogP contribution in [0.15, 0.2) is 18.2 Å². The molecule has 2 heteroatoms. The molecule has 78 valence electrons. The second kappa shape index (κ2) is 6.31. The molecule has 0 amide bonds. The van der Waals surface area contributed by atoms with Crippen LogP contribution in [-0.4, -0.2) is 0 Å². The van der Waals surface area contributed by atoms with E-state index >= 15 is 0 Å². The summed E-state index contributed by atoms with van der Waals surface area (Å²) < 4.78 is 0. The Labute approximate surface area is 96.2 Å². The van der Waals surface area contributed by atoms with Crippen LogP contribution in [0.3, 0.4) is 0 Å². The van der Waals surface area contributed by atoms with E-state index in [1.54, 1.807) is 0 Å². The van der Waals surface area contributed by atoms with Crippen LogP contribution in [-0.2, 0) is 6.42 Å². The minimum absolute atomic E-state index is 0.643. The highest BCUT2D eigenvalue weighted by atomic mass is 35.5. The minimum atomic E-state index is 0.643. The Balaban J connectivity index is 2.39. The molecule has 0 aliphatic carbocycles. The van der Waals surface area contributed by atoms with Gasteiger partial charge in [-0.25, -0.2) is 0 Å². The summed E-state index contributed by atoms with van der Waals surface area (Å²) in [5, 5.41) is 1.31. The maximum Gasteiger partial charge on any atom is 0.0595 e. The van der Waals surface area contributed by atoms with Gasteiger partial charge in [0.25, 0.3) is 0 Å². The fraction of sp³-hybridized carbons (Fsp3) is 0.500. The molecule has 0 spiro atoms. The first-order valence-corrected chi connectivity index (χ1v) is 5.93. The number of hydrogen-bond donors (Lipinski definition) is 0. The summed E-state index contributed by atoms with van der Waals surface area (Å²) in [6.07, 6.45) is 6.25. The van der Waals surface area contributed by atoms with Gasteiger partial charge in [-0.2, -0.15) is 0 Å². The Morgan fingerprint density at radius 2 is 1.79 bits per heavy atom. The van der Waals surface area contributed by atoms with Gasteiger partial charge in [-0.15, -0.1) is 0 Å². The number of benzene rings is 1. The highest BCUT2D eigenvalue weighted by Crippen LogP contribution is 2.23. The van der Waals surface area contributed by atoms with Crippen molar-refractivity contribution in [2.45, 2.75) is 39.0 Å². The fourth-order valence-electron chi connectivity index (χ4n) is 1.45. The van der Waals surface area contributed by atoms with E-state index in [2.05, 4.69) is 13.0 Å². The fourth-order valence-corrected chi connectivity index (χ4v) is 1.77. The third kappa shape index (κ3) is 3.89. The summed E-state index contributed by atoms with van der Waals surface area (Å²) >= 11 is 11.8. The van der Waals surface area contributed by atoms with Gasteiger partial charge >= 0.3 is 0 Å². The summed E-state index contributed by atoms with van der Waals surface area (Å²) in [5.74, 6) is 0. The van der Waals surface area contributed by atoms with E-state index in [1.165, 1.54) is 31.2 Å². The summed E-state index contributed by atoms with van der Waals surface area (Å²) in [6, 6.07) is 5.90. The molecule has 0 radical (unpaired) electrons. The highest BCUT2D eigenvalue weighted by Gasteiger charge is 1.99. The maximum atomic E-state index is 5.92. The predicted molar refractivity (Wildman–Crippen MR) is 64.3 cm³/mol. The first kappa shape index (κ1) is 11.9. The zero-order valence-electron chi connectivity index (χ0n) is 8.52. The third-order valence-corrected chi connectivity index (χ3v) is 3.04. The molecule has 1 aromatic carbocycles. The van der Waals surface area contributed by atoms with E-state index < -0.39 is 0 Å². The van der Waals surface area contributed by atoms with Crippen molar-refractivity contribution in [1.82, 2.24) is 0 Å². The number of rotatable bonds is 5. The zero-order chi connectivity index (χ0) is 10.4. The molecule has 1 aromatic rings. The number of unbranched alkanes of at least 4 members (excludes halogenated alkanes) is 3. The molecule has 0 unspecified atom stereocenters. The van der Waals surface area contributed by atoms with Gasteiger partial charge in [0.15, 0.2) is 0 Å². The van der Waals surface area contributed by atoms with Crippen molar-refractivity contribution in [3.05, 3.63) is 33.8 Å². The Hall–Kier alpha value is -0.200. The Bertz CT molecular complexity index is 282. The van der Waals surface area contributed by atoms with Crippen LogP contribution in [0.1, 0.15) is 38.2 Å². The maximum absolute atomic E-state index is 5.92. The van der Waals surface area contributed by atoms with Gasteiger partial charge in [0.2, 0.25) is 0 Å². The highest BCUT2D eigenvalue weighted by molar-refractivity contribution is 6.42. The van der Waals surface area contributed by atoms with Gasteiger partial charge in [-0.1, -0.05) is 55.5 Å². The van der Waals surface area contributed by atoms with Crippen molar-refractivity contribution < 1.29 is 0 Å². The molecule has 0 aromatic heterocycles. The summed E-state index contributed by atoms with van der Waals surface area (Å²) in [7, 11) is 0. The lowest BCUT2D eigenvalue weighted by molar-refractivity contribution is 0.667. The lowest BCUT2D eigenvalue weighted by atomic mass is 10.1. The van der Waals surface area contributed by atoms with Crippen molar-refractivity contribution in [2.75, 3.05) is 0 Å².